The van der Waals surface area contributed by atoms with E-state index in [1.165, 1.54) is 26.4 Å². The fourth-order valence-electron chi connectivity index (χ4n) is 1.63. The largest absolute Gasteiger partial charge is 0.506 e. The maximum Gasteiger partial charge on any atom is 0.419 e. The van der Waals surface area contributed by atoms with Gasteiger partial charge < -0.3 is 9.84 Å². The molecular formula is C11H14N4O5S. The predicted molar refractivity (Wildman–Crippen MR) is 73.3 cm³/mol. The van der Waals surface area contributed by atoms with Gasteiger partial charge in [0.1, 0.15) is 5.82 Å². The Morgan fingerprint density at radius 1 is 1.43 bits per heavy atom. The Labute approximate surface area is 121 Å². The molecule has 0 saturated carbocycles. The van der Waals surface area contributed by atoms with Crippen molar-refractivity contribution in [2.24, 2.45) is 0 Å². The summed E-state index contributed by atoms with van der Waals surface area (Å²) < 4.78 is 30.3. The van der Waals surface area contributed by atoms with E-state index in [0.717, 1.165) is 4.31 Å². The molecule has 0 aliphatic carbocycles. The Balaban J connectivity index is 2.15. The SMILES string of the molecule is CN1CC(O)=C(OC(=O)Nc2ccccn2)N(C)S1(=O)=O. The van der Waals surface area contributed by atoms with Crippen LogP contribution in [0.25, 0.3) is 0 Å². The van der Waals surface area contributed by atoms with Crippen molar-refractivity contribution in [3.63, 3.8) is 0 Å². The number of likely N-dealkylation sites (N-methyl/N-ethyl adjacent to an activating group) is 1. The van der Waals surface area contributed by atoms with E-state index in [0.29, 0.717) is 4.31 Å². The number of anilines is 1. The summed E-state index contributed by atoms with van der Waals surface area (Å²) in [4.78, 5) is 15.6. The van der Waals surface area contributed by atoms with Crippen LogP contribution in [-0.4, -0.2) is 53.9 Å². The summed E-state index contributed by atoms with van der Waals surface area (Å²) in [6.07, 6.45) is 0.514. The second-order valence-electron chi connectivity index (χ2n) is 4.21. The number of nitrogens with one attached hydrogen (secondary N) is 1. The van der Waals surface area contributed by atoms with Gasteiger partial charge in [-0.2, -0.15) is 12.7 Å². The first kappa shape index (κ1) is 15.1. The zero-order valence-corrected chi connectivity index (χ0v) is 12.2. The number of ether oxygens (including phenoxy) is 1. The van der Waals surface area contributed by atoms with Crippen LogP contribution in [0.15, 0.2) is 36.0 Å². The van der Waals surface area contributed by atoms with Crippen molar-refractivity contribution in [3.8, 4) is 0 Å². The van der Waals surface area contributed by atoms with Crippen LogP contribution in [0.1, 0.15) is 0 Å². The average Bonchev–Trinajstić information content (AvgIpc) is 2.43. The van der Waals surface area contributed by atoms with Crippen molar-refractivity contribution in [3.05, 3.63) is 36.0 Å². The van der Waals surface area contributed by atoms with Gasteiger partial charge in [0.2, 0.25) is 0 Å². The minimum Gasteiger partial charge on any atom is -0.506 e. The molecule has 9 nitrogen and oxygen atoms in total. The van der Waals surface area contributed by atoms with E-state index in [1.807, 2.05) is 0 Å². The lowest BCUT2D eigenvalue weighted by Crippen LogP contribution is -2.46. The number of hydrogen-bond donors (Lipinski definition) is 2. The molecule has 1 aromatic heterocycles. The van der Waals surface area contributed by atoms with Crippen LogP contribution < -0.4 is 5.32 Å². The molecule has 1 amide bonds. The molecule has 0 radical (unpaired) electrons. The number of rotatable bonds is 2. The van der Waals surface area contributed by atoms with Crippen molar-refractivity contribution < 1.29 is 23.1 Å². The first-order chi connectivity index (χ1) is 9.82. The Morgan fingerprint density at radius 2 is 2.14 bits per heavy atom. The summed E-state index contributed by atoms with van der Waals surface area (Å²) in [6.45, 7) is -0.279. The van der Waals surface area contributed by atoms with E-state index in [-0.39, 0.29) is 18.1 Å². The Hall–Kier alpha value is -2.33. The molecule has 0 aromatic carbocycles. The summed E-state index contributed by atoms with van der Waals surface area (Å²) in [5.74, 6) is -0.575. The summed E-state index contributed by atoms with van der Waals surface area (Å²) in [5, 5.41) is 12.1. The van der Waals surface area contributed by atoms with E-state index in [1.54, 1.807) is 12.1 Å². The van der Waals surface area contributed by atoms with Gasteiger partial charge >= 0.3 is 16.3 Å². The van der Waals surface area contributed by atoms with Crippen LogP contribution in [0.4, 0.5) is 10.6 Å². The monoisotopic (exact) mass is 314 g/mol. The second-order valence-corrected chi connectivity index (χ2v) is 6.28. The fourth-order valence-corrected chi connectivity index (χ4v) is 2.69. The molecule has 2 N–H and O–H groups in total. The molecule has 1 aliphatic rings. The zero-order chi connectivity index (χ0) is 15.6. The third-order valence-corrected chi connectivity index (χ3v) is 4.50. The van der Waals surface area contributed by atoms with Crippen LogP contribution in [0, 0.1) is 0 Å². The number of hydrogen-bond acceptors (Lipinski definition) is 6. The number of nitrogens with zero attached hydrogens (tertiary/aromatic N) is 3. The van der Waals surface area contributed by atoms with Gasteiger partial charge in [0.15, 0.2) is 5.76 Å². The average molecular weight is 314 g/mol. The molecule has 0 atom stereocenters. The van der Waals surface area contributed by atoms with Crippen molar-refractivity contribution in [1.29, 1.82) is 0 Å². The van der Waals surface area contributed by atoms with Crippen LogP contribution in [0.5, 0.6) is 0 Å². The number of aromatic nitrogens is 1. The quantitative estimate of drug-likeness (QED) is 0.821. The normalized spacial score (nSPS) is 18.5. The fraction of sp³-hybridized carbons (Fsp3) is 0.273. The minimum absolute atomic E-state index is 0.237. The minimum atomic E-state index is -3.81. The molecule has 0 fully saturated rings. The molecular weight excluding hydrogens is 300 g/mol. The topological polar surface area (TPSA) is 112 Å². The van der Waals surface area contributed by atoms with Crippen molar-refractivity contribution >= 4 is 22.1 Å². The van der Waals surface area contributed by atoms with E-state index >= 15 is 0 Å². The lowest BCUT2D eigenvalue weighted by molar-refractivity contribution is 0.152. The summed E-state index contributed by atoms with van der Waals surface area (Å²) >= 11 is 0. The van der Waals surface area contributed by atoms with Crippen LogP contribution in [-0.2, 0) is 14.9 Å². The van der Waals surface area contributed by atoms with Gasteiger partial charge in [0.05, 0.1) is 6.54 Å². The van der Waals surface area contributed by atoms with Gasteiger partial charge in [-0.25, -0.2) is 14.1 Å². The van der Waals surface area contributed by atoms with Gasteiger partial charge in [-0.05, 0) is 12.1 Å². The van der Waals surface area contributed by atoms with Gasteiger partial charge in [-0.15, -0.1) is 0 Å². The van der Waals surface area contributed by atoms with Gasteiger partial charge in [0, 0.05) is 20.3 Å². The smallest absolute Gasteiger partial charge is 0.419 e. The van der Waals surface area contributed by atoms with E-state index in [2.05, 4.69) is 10.3 Å². The predicted octanol–water partition coefficient (Wildman–Crippen LogP) is 0.479. The lowest BCUT2D eigenvalue weighted by Gasteiger charge is -2.31. The number of carbonyl (C=O) groups excluding carboxylic acids is 1. The Kier molecular flexibility index (Phi) is 4.00. The molecule has 10 heteroatoms. The third kappa shape index (κ3) is 3.06. The number of aliphatic hydroxyl groups excluding tert-OH is 1. The van der Waals surface area contributed by atoms with Crippen LogP contribution in [0.3, 0.4) is 0 Å². The molecule has 1 aromatic rings. The van der Waals surface area contributed by atoms with Gasteiger partial charge in [-0.1, -0.05) is 6.07 Å². The molecule has 2 rings (SSSR count). The second kappa shape index (κ2) is 5.58. The van der Waals surface area contributed by atoms with Gasteiger partial charge in [0.25, 0.3) is 5.88 Å². The number of carbonyl (C=O) groups is 1. The maximum absolute atomic E-state index is 11.9. The molecule has 1 aliphatic heterocycles. The molecule has 0 bridgehead atoms. The van der Waals surface area contributed by atoms with Gasteiger partial charge in [-0.3, -0.25) is 5.32 Å². The lowest BCUT2D eigenvalue weighted by atomic mass is 10.5. The zero-order valence-electron chi connectivity index (χ0n) is 11.3. The van der Waals surface area contributed by atoms with Crippen molar-refractivity contribution in [2.45, 2.75) is 0 Å². The molecule has 21 heavy (non-hydrogen) atoms. The molecule has 0 unspecified atom stereocenters. The first-order valence-electron chi connectivity index (χ1n) is 5.84. The Bertz CT molecular complexity index is 673. The molecule has 0 saturated heterocycles. The molecule has 114 valence electrons. The van der Waals surface area contributed by atoms with Crippen molar-refractivity contribution in [2.75, 3.05) is 26.0 Å². The standard InChI is InChI=1S/C11H14N4O5S/c1-14-7-8(16)10(15(2)21(14,18)19)20-11(17)13-9-5-3-4-6-12-9/h3-6,16H,7H2,1-2H3,(H,12,13,17). The number of amides is 1. The highest BCUT2D eigenvalue weighted by Gasteiger charge is 2.36. The summed E-state index contributed by atoms with van der Waals surface area (Å²) in [6, 6.07) is 4.86. The third-order valence-electron chi connectivity index (χ3n) is 2.73. The maximum atomic E-state index is 11.9. The highest BCUT2D eigenvalue weighted by atomic mass is 32.2. The van der Waals surface area contributed by atoms with E-state index < -0.39 is 22.2 Å². The van der Waals surface area contributed by atoms with Crippen molar-refractivity contribution in [1.82, 2.24) is 13.6 Å². The van der Waals surface area contributed by atoms with E-state index in [9.17, 15) is 18.3 Å². The summed E-state index contributed by atoms with van der Waals surface area (Å²) in [5.41, 5.74) is 0. The molecule has 2 heterocycles. The highest BCUT2D eigenvalue weighted by Crippen LogP contribution is 2.22. The number of aliphatic hydroxyl groups is 1. The van der Waals surface area contributed by atoms with Crippen LogP contribution in [0.2, 0.25) is 0 Å². The van der Waals surface area contributed by atoms with Crippen LogP contribution >= 0.6 is 0 Å². The summed E-state index contributed by atoms with van der Waals surface area (Å²) in [7, 11) is -1.34. The Morgan fingerprint density at radius 3 is 2.76 bits per heavy atom. The first-order valence-corrected chi connectivity index (χ1v) is 7.24. The number of pyridine rings is 1. The van der Waals surface area contributed by atoms with E-state index in [4.69, 9.17) is 4.74 Å². The molecule has 0 spiro atoms. The highest BCUT2D eigenvalue weighted by molar-refractivity contribution is 7.86.